The first kappa shape index (κ1) is 13.4. The van der Waals surface area contributed by atoms with Gasteiger partial charge in [-0.25, -0.2) is 0 Å². The second kappa shape index (κ2) is 5.31. The zero-order chi connectivity index (χ0) is 9.90. The largest absolute Gasteiger partial charge is 1.00 e. The molecule has 0 aliphatic carbocycles. The van der Waals surface area contributed by atoms with Crippen molar-refractivity contribution in [3.63, 3.8) is 0 Å². The van der Waals surface area contributed by atoms with Gasteiger partial charge in [0.15, 0.2) is 0 Å². The highest BCUT2D eigenvalue weighted by molar-refractivity contribution is 5.14. The van der Waals surface area contributed by atoms with E-state index in [1.54, 1.807) is 18.2 Å². The van der Waals surface area contributed by atoms with Crippen molar-refractivity contribution in [2.75, 3.05) is 0 Å². The molecule has 1 atom stereocenters. The Bertz CT molecular complexity index is 262. The van der Waals surface area contributed by atoms with Crippen LogP contribution in [0.25, 0.3) is 0 Å². The van der Waals surface area contributed by atoms with Gasteiger partial charge < -0.3 is 17.0 Å². The Morgan fingerprint density at radius 2 is 1.57 bits per heavy atom. The molecule has 80 valence electrons. The molecule has 0 heterocycles. The van der Waals surface area contributed by atoms with Crippen molar-refractivity contribution in [2.45, 2.75) is 12.7 Å². The van der Waals surface area contributed by atoms with Gasteiger partial charge in [-0.05, 0) is 5.56 Å². The number of alkyl halides is 1. The second-order valence-corrected chi connectivity index (χ2v) is 2.61. The summed E-state index contributed by atoms with van der Waals surface area (Å²) in [6.07, 6.45) is -3.47. The van der Waals surface area contributed by atoms with Crippen LogP contribution in [0, 0.1) is 0 Å². The average molecular weight is 274 g/mol. The van der Waals surface area contributed by atoms with Crippen molar-refractivity contribution in [1.82, 2.24) is 0 Å². The Labute approximate surface area is 89.1 Å². The van der Waals surface area contributed by atoms with Crippen LogP contribution in [-0.2, 0) is 6.42 Å². The van der Waals surface area contributed by atoms with Crippen LogP contribution in [0.2, 0.25) is 0 Å². The molecule has 6 heteroatoms. The van der Waals surface area contributed by atoms with Gasteiger partial charge in [0.05, 0.1) is 19.9 Å². The van der Waals surface area contributed by atoms with Crippen LogP contribution < -0.4 is 17.0 Å². The monoisotopic (exact) mass is 273 g/mol. The fourth-order valence-corrected chi connectivity index (χ4v) is 0.912. The number of hydrogen-bond donors (Lipinski definition) is 0. The van der Waals surface area contributed by atoms with Gasteiger partial charge >= 0.3 is 6.30 Å². The van der Waals surface area contributed by atoms with Crippen molar-refractivity contribution in [1.29, 1.82) is 0 Å². The molecule has 0 radical (unpaired) electrons. The quantitative estimate of drug-likeness (QED) is 0.413. The lowest BCUT2D eigenvalue weighted by atomic mass is 10.1. The van der Waals surface area contributed by atoms with E-state index in [4.69, 9.17) is 0 Å². The summed E-state index contributed by atoms with van der Waals surface area (Å²) in [6.45, 7) is 0. The molecule has 14 heavy (non-hydrogen) atoms. The fourth-order valence-electron chi connectivity index (χ4n) is 0.912. The molecule has 0 aliphatic heterocycles. The minimum absolute atomic E-state index is 0. The van der Waals surface area contributed by atoms with E-state index in [9.17, 15) is 17.8 Å². The average Bonchev–Trinajstić information content (AvgIpc) is 2.04. The number of halogens is 5. The molecule has 0 aromatic heterocycles. The highest BCUT2D eigenvalue weighted by Crippen LogP contribution is 2.21. The van der Waals surface area contributed by atoms with Crippen LogP contribution in [-0.4, -0.2) is 11.4 Å². The number of benzene rings is 1. The number of quaternary nitrogens is 1. The summed E-state index contributed by atoms with van der Waals surface area (Å²) in [7, 11) is 0. The van der Waals surface area contributed by atoms with Crippen LogP contribution in [0.4, 0.5) is 17.8 Å². The van der Waals surface area contributed by atoms with Crippen LogP contribution in [0.3, 0.4) is 0 Å². The first-order valence-electron chi connectivity index (χ1n) is 3.66. The second-order valence-electron chi connectivity index (χ2n) is 2.61. The molecular formula is C8H8BrF4N. The van der Waals surface area contributed by atoms with Crippen molar-refractivity contribution < 1.29 is 40.0 Å². The van der Waals surface area contributed by atoms with E-state index in [-0.39, 0.29) is 17.0 Å². The Hall–Kier alpha value is -0.620. The molecule has 0 saturated carbocycles. The summed E-state index contributed by atoms with van der Waals surface area (Å²) in [5.74, 6) is 0. The zero-order valence-corrected chi connectivity index (χ0v) is 8.59. The maximum atomic E-state index is 12.4. The van der Waals surface area contributed by atoms with E-state index in [1.807, 2.05) is 0 Å². The number of hydrogen-bond acceptors (Lipinski definition) is 0. The van der Waals surface area contributed by atoms with Gasteiger partial charge in [-0.3, -0.25) is 0 Å². The Morgan fingerprint density at radius 3 is 2.00 bits per heavy atom. The van der Waals surface area contributed by atoms with Gasteiger partial charge in [0.2, 0.25) is 0 Å². The van der Waals surface area contributed by atoms with E-state index in [0.29, 0.717) is 5.56 Å². The minimum atomic E-state index is -4.14. The predicted molar refractivity (Wildman–Crippen MR) is 38.6 cm³/mol. The summed E-state index contributed by atoms with van der Waals surface area (Å²) in [5, 5.41) is -4.14. The molecule has 0 spiro atoms. The lowest BCUT2D eigenvalue weighted by molar-refractivity contribution is -1.29. The lowest BCUT2D eigenvalue weighted by Gasteiger charge is -2.06. The molecule has 0 bridgehead atoms. The number of nitrogens with zero attached hydrogens (tertiary/aromatic N) is 1. The molecule has 0 saturated heterocycles. The standard InChI is InChI=1S/C8H8F4N.BrH/c9-8(13(10,11)12)6-7-4-2-1-3-5-7;/h1-5,8H,6H2;1H/q+1;/p-1. The van der Waals surface area contributed by atoms with Crippen molar-refractivity contribution in [2.24, 2.45) is 0 Å². The molecule has 0 aliphatic rings. The third kappa shape index (κ3) is 4.06. The third-order valence-corrected chi connectivity index (χ3v) is 1.56. The van der Waals surface area contributed by atoms with E-state index in [0.717, 1.165) is 0 Å². The topological polar surface area (TPSA) is 0 Å². The van der Waals surface area contributed by atoms with Crippen molar-refractivity contribution >= 4 is 0 Å². The van der Waals surface area contributed by atoms with E-state index < -0.39 is 17.9 Å². The highest BCUT2D eigenvalue weighted by Gasteiger charge is 2.44. The Balaban J connectivity index is 0.00000169. The molecule has 0 N–H and O–H groups in total. The molecular weight excluding hydrogens is 266 g/mol. The maximum absolute atomic E-state index is 12.4. The van der Waals surface area contributed by atoms with Gasteiger partial charge in [0, 0.05) is 0 Å². The summed E-state index contributed by atoms with van der Waals surface area (Å²) in [4.78, 5) is 0. The fraction of sp³-hybridized carbons (Fsp3) is 0.250. The molecule has 1 aromatic carbocycles. The Kier molecular flexibility index (Phi) is 5.07. The van der Waals surface area contributed by atoms with Gasteiger partial charge in [-0.1, -0.05) is 30.3 Å². The zero-order valence-electron chi connectivity index (χ0n) is 7.01. The maximum Gasteiger partial charge on any atom is 0.349 e. The van der Waals surface area contributed by atoms with Crippen LogP contribution >= 0.6 is 0 Å². The SMILES string of the molecule is FC(Cc1ccccc1)[N+](F)(F)F.[Br-]. The van der Waals surface area contributed by atoms with Gasteiger partial charge in [-0.2, -0.15) is 4.39 Å². The van der Waals surface area contributed by atoms with Gasteiger partial charge in [-0.15, -0.1) is 0 Å². The molecule has 0 amide bonds. The molecule has 1 aromatic rings. The summed E-state index contributed by atoms with van der Waals surface area (Å²) < 4.78 is 47.5. The van der Waals surface area contributed by atoms with E-state index in [2.05, 4.69) is 0 Å². The molecule has 0 fully saturated rings. The van der Waals surface area contributed by atoms with Gasteiger partial charge in [0.25, 0.3) is 5.15 Å². The van der Waals surface area contributed by atoms with Crippen molar-refractivity contribution in [3.8, 4) is 0 Å². The van der Waals surface area contributed by atoms with Crippen molar-refractivity contribution in [3.05, 3.63) is 35.9 Å². The summed E-state index contributed by atoms with van der Waals surface area (Å²) in [6, 6.07) is 7.74. The molecule has 1 rings (SSSR count). The number of rotatable bonds is 3. The summed E-state index contributed by atoms with van der Waals surface area (Å²) >= 11 is 0. The van der Waals surface area contributed by atoms with Gasteiger partial charge in [0.1, 0.15) is 0 Å². The molecule has 1 nitrogen and oxygen atoms in total. The molecule has 1 unspecified atom stereocenters. The third-order valence-electron chi connectivity index (χ3n) is 1.56. The minimum Gasteiger partial charge on any atom is -1.00 e. The normalized spacial score (nSPS) is 13.1. The van der Waals surface area contributed by atoms with Crippen LogP contribution in [0.5, 0.6) is 0 Å². The highest BCUT2D eigenvalue weighted by atomic mass is 79.9. The van der Waals surface area contributed by atoms with Crippen LogP contribution in [0.15, 0.2) is 30.3 Å². The first-order valence-corrected chi connectivity index (χ1v) is 3.66. The van der Waals surface area contributed by atoms with Crippen LogP contribution in [0.1, 0.15) is 5.56 Å². The predicted octanol–water partition coefficient (Wildman–Crippen LogP) is -0.001000. The lowest BCUT2D eigenvalue weighted by Crippen LogP contribution is -3.00. The summed E-state index contributed by atoms with van der Waals surface area (Å²) in [5.41, 5.74) is 0.338. The Morgan fingerprint density at radius 1 is 1.07 bits per heavy atom. The first-order chi connectivity index (χ1) is 6.00. The van der Waals surface area contributed by atoms with E-state index in [1.165, 1.54) is 12.1 Å². The van der Waals surface area contributed by atoms with E-state index >= 15 is 0 Å². The smallest absolute Gasteiger partial charge is 0.349 e.